The third kappa shape index (κ3) is 11.8. The standard InChI is InChI=1S/C20H34O2/c1-2-3-4-5-6-7-8-12-16-21-17-13-18-22-19-20-14-10-9-11-15-20/h9-11,14-15H,2-8,12-13,16-19H2,1H3. The lowest BCUT2D eigenvalue weighted by atomic mass is 10.1. The van der Waals surface area contributed by atoms with Crippen LogP contribution in [0.5, 0.6) is 0 Å². The molecule has 0 N–H and O–H groups in total. The predicted molar refractivity (Wildman–Crippen MR) is 94.1 cm³/mol. The van der Waals surface area contributed by atoms with Gasteiger partial charge in [0.25, 0.3) is 0 Å². The molecule has 0 saturated heterocycles. The van der Waals surface area contributed by atoms with Crippen LogP contribution in [0.2, 0.25) is 0 Å². The van der Waals surface area contributed by atoms with E-state index in [0.29, 0.717) is 6.61 Å². The van der Waals surface area contributed by atoms with Crippen LogP contribution in [0.25, 0.3) is 0 Å². The topological polar surface area (TPSA) is 18.5 Å². The highest BCUT2D eigenvalue weighted by molar-refractivity contribution is 5.13. The predicted octanol–water partition coefficient (Wildman–Crippen LogP) is 5.75. The molecule has 1 aromatic rings. The molecule has 0 radical (unpaired) electrons. The van der Waals surface area contributed by atoms with Crippen LogP contribution in [-0.2, 0) is 16.1 Å². The minimum absolute atomic E-state index is 0.707. The van der Waals surface area contributed by atoms with E-state index in [-0.39, 0.29) is 0 Å². The van der Waals surface area contributed by atoms with E-state index in [9.17, 15) is 0 Å². The number of hydrogen-bond acceptors (Lipinski definition) is 2. The molecular weight excluding hydrogens is 272 g/mol. The maximum absolute atomic E-state index is 5.65. The molecule has 0 spiro atoms. The van der Waals surface area contributed by atoms with Gasteiger partial charge in [0.15, 0.2) is 0 Å². The Morgan fingerprint density at radius 3 is 1.95 bits per heavy atom. The summed E-state index contributed by atoms with van der Waals surface area (Å²) in [6, 6.07) is 10.3. The summed E-state index contributed by atoms with van der Waals surface area (Å²) >= 11 is 0. The first-order valence-corrected chi connectivity index (χ1v) is 9.13. The molecule has 0 atom stereocenters. The maximum Gasteiger partial charge on any atom is 0.0716 e. The summed E-state index contributed by atoms with van der Waals surface area (Å²) < 4.78 is 11.3. The largest absolute Gasteiger partial charge is 0.381 e. The zero-order chi connectivity index (χ0) is 15.7. The van der Waals surface area contributed by atoms with E-state index >= 15 is 0 Å². The van der Waals surface area contributed by atoms with Gasteiger partial charge in [0.05, 0.1) is 6.61 Å². The Bertz CT molecular complexity index is 324. The maximum atomic E-state index is 5.65. The number of hydrogen-bond donors (Lipinski definition) is 0. The van der Waals surface area contributed by atoms with Crippen LogP contribution < -0.4 is 0 Å². The average Bonchev–Trinajstić information content (AvgIpc) is 2.56. The zero-order valence-electron chi connectivity index (χ0n) is 14.4. The second-order valence-corrected chi connectivity index (χ2v) is 5.98. The van der Waals surface area contributed by atoms with Crippen molar-refractivity contribution in [3.63, 3.8) is 0 Å². The molecule has 0 aromatic heterocycles. The second-order valence-electron chi connectivity index (χ2n) is 5.98. The highest BCUT2D eigenvalue weighted by Crippen LogP contribution is 2.08. The smallest absolute Gasteiger partial charge is 0.0716 e. The molecule has 1 aromatic carbocycles. The zero-order valence-corrected chi connectivity index (χ0v) is 14.4. The van der Waals surface area contributed by atoms with E-state index < -0.39 is 0 Å². The minimum atomic E-state index is 0.707. The Kier molecular flexibility index (Phi) is 13.1. The summed E-state index contributed by atoms with van der Waals surface area (Å²) in [7, 11) is 0. The van der Waals surface area contributed by atoms with Crippen molar-refractivity contribution in [2.45, 2.75) is 71.3 Å². The van der Waals surface area contributed by atoms with Gasteiger partial charge in [-0.15, -0.1) is 0 Å². The number of rotatable bonds is 15. The summed E-state index contributed by atoms with van der Waals surface area (Å²) in [6.45, 7) is 5.49. The fraction of sp³-hybridized carbons (Fsp3) is 0.700. The summed E-state index contributed by atoms with van der Waals surface area (Å²) in [5.41, 5.74) is 1.24. The number of unbranched alkanes of at least 4 members (excludes halogenated alkanes) is 7. The number of benzene rings is 1. The van der Waals surface area contributed by atoms with E-state index in [1.54, 1.807) is 0 Å². The molecule has 0 aliphatic heterocycles. The monoisotopic (exact) mass is 306 g/mol. The normalized spacial score (nSPS) is 11.0. The second kappa shape index (κ2) is 15.1. The van der Waals surface area contributed by atoms with Gasteiger partial charge in [-0.3, -0.25) is 0 Å². The van der Waals surface area contributed by atoms with Gasteiger partial charge in [-0.2, -0.15) is 0 Å². The molecule has 2 heteroatoms. The van der Waals surface area contributed by atoms with E-state index in [2.05, 4.69) is 19.1 Å². The fourth-order valence-corrected chi connectivity index (χ4v) is 2.47. The van der Waals surface area contributed by atoms with Crippen molar-refractivity contribution in [3.05, 3.63) is 35.9 Å². The van der Waals surface area contributed by atoms with E-state index in [4.69, 9.17) is 9.47 Å². The van der Waals surface area contributed by atoms with E-state index in [0.717, 1.165) is 26.2 Å². The van der Waals surface area contributed by atoms with Crippen LogP contribution in [0.3, 0.4) is 0 Å². The fourth-order valence-electron chi connectivity index (χ4n) is 2.47. The SMILES string of the molecule is CCCCCCCCCCOCCCOCc1ccccc1. The van der Waals surface area contributed by atoms with Gasteiger partial charge in [0.1, 0.15) is 0 Å². The quantitative estimate of drug-likeness (QED) is 0.384. The van der Waals surface area contributed by atoms with Crippen molar-refractivity contribution in [1.82, 2.24) is 0 Å². The lowest BCUT2D eigenvalue weighted by molar-refractivity contribution is 0.0743. The van der Waals surface area contributed by atoms with Crippen LogP contribution in [0, 0.1) is 0 Å². The molecule has 0 aliphatic rings. The summed E-state index contributed by atoms with van der Waals surface area (Å²) in [4.78, 5) is 0. The van der Waals surface area contributed by atoms with E-state index in [1.807, 2.05) is 18.2 Å². The lowest BCUT2D eigenvalue weighted by Crippen LogP contribution is -2.02. The van der Waals surface area contributed by atoms with Crippen LogP contribution in [0.4, 0.5) is 0 Å². The van der Waals surface area contributed by atoms with Crippen molar-refractivity contribution in [1.29, 1.82) is 0 Å². The van der Waals surface area contributed by atoms with Gasteiger partial charge < -0.3 is 9.47 Å². The molecule has 22 heavy (non-hydrogen) atoms. The van der Waals surface area contributed by atoms with Gasteiger partial charge in [-0.1, -0.05) is 82.2 Å². The van der Waals surface area contributed by atoms with Gasteiger partial charge in [-0.05, 0) is 18.4 Å². The summed E-state index contributed by atoms with van der Waals surface area (Å²) in [6.07, 6.45) is 11.8. The van der Waals surface area contributed by atoms with Gasteiger partial charge in [0.2, 0.25) is 0 Å². The molecule has 0 saturated carbocycles. The third-order valence-electron chi connectivity index (χ3n) is 3.83. The van der Waals surface area contributed by atoms with Crippen molar-refractivity contribution < 1.29 is 9.47 Å². The first-order chi connectivity index (χ1) is 10.9. The van der Waals surface area contributed by atoms with Gasteiger partial charge >= 0.3 is 0 Å². The summed E-state index contributed by atoms with van der Waals surface area (Å²) in [5.74, 6) is 0. The first kappa shape index (κ1) is 19.2. The molecule has 0 heterocycles. The average molecular weight is 306 g/mol. The third-order valence-corrected chi connectivity index (χ3v) is 3.83. The van der Waals surface area contributed by atoms with Crippen LogP contribution in [0.1, 0.15) is 70.3 Å². The number of ether oxygens (including phenoxy) is 2. The summed E-state index contributed by atoms with van der Waals surface area (Å²) in [5, 5.41) is 0. The Morgan fingerprint density at radius 1 is 0.636 bits per heavy atom. The van der Waals surface area contributed by atoms with Crippen molar-refractivity contribution >= 4 is 0 Å². The Morgan fingerprint density at radius 2 is 1.23 bits per heavy atom. The Hall–Kier alpha value is -0.860. The van der Waals surface area contributed by atoms with Gasteiger partial charge in [-0.25, -0.2) is 0 Å². The molecule has 0 amide bonds. The van der Waals surface area contributed by atoms with Crippen LogP contribution >= 0.6 is 0 Å². The van der Waals surface area contributed by atoms with Crippen molar-refractivity contribution in [3.8, 4) is 0 Å². The van der Waals surface area contributed by atoms with Crippen LogP contribution in [-0.4, -0.2) is 19.8 Å². The Labute approximate surface area is 137 Å². The van der Waals surface area contributed by atoms with Gasteiger partial charge in [0, 0.05) is 19.8 Å². The Balaban J connectivity index is 1.73. The first-order valence-electron chi connectivity index (χ1n) is 9.13. The molecular formula is C20H34O2. The molecule has 0 bridgehead atoms. The molecule has 0 unspecified atom stereocenters. The minimum Gasteiger partial charge on any atom is -0.381 e. The highest BCUT2D eigenvalue weighted by atomic mass is 16.5. The molecule has 0 fully saturated rings. The highest BCUT2D eigenvalue weighted by Gasteiger charge is 1.94. The lowest BCUT2D eigenvalue weighted by Gasteiger charge is -2.06. The molecule has 126 valence electrons. The molecule has 1 rings (SSSR count). The van der Waals surface area contributed by atoms with Crippen LogP contribution in [0.15, 0.2) is 30.3 Å². The van der Waals surface area contributed by atoms with Crippen molar-refractivity contribution in [2.24, 2.45) is 0 Å². The van der Waals surface area contributed by atoms with E-state index in [1.165, 1.54) is 56.9 Å². The molecule has 2 nitrogen and oxygen atoms in total. The molecule has 0 aliphatic carbocycles. The van der Waals surface area contributed by atoms with Crippen molar-refractivity contribution in [2.75, 3.05) is 19.8 Å².